The van der Waals surface area contributed by atoms with Gasteiger partial charge in [-0.05, 0) is 19.4 Å². The maximum atomic E-state index is 11.6. The smallest absolute Gasteiger partial charge is 0.226 e. The highest BCUT2D eigenvalue weighted by atomic mass is 35.5. The Labute approximate surface area is 89.4 Å². The van der Waals surface area contributed by atoms with Crippen molar-refractivity contribution >= 4 is 23.2 Å². The molecule has 0 aliphatic carbocycles. The topological polar surface area (TPSA) is 32.7 Å². The summed E-state index contributed by atoms with van der Waals surface area (Å²) in [6.07, 6.45) is 3.19. The van der Waals surface area contributed by atoms with Gasteiger partial charge in [0.25, 0.3) is 0 Å². The summed E-state index contributed by atoms with van der Waals surface area (Å²) in [6.45, 7) is 2.55. The fourth-order valence-electron chi connectivity index (χ4n) is 1.29. The summed E-state index contributed by atoms with van der Waals surface area (Å²) in [5, 5.41) is 0. The van der Waals surface area contributed by atoms with Gasteiger partial charge in [-0.1, -0.05) is 0 Å². The summed E-state index contributed by atoms with van der Waals surface area (Å²) >= 11 is 5.53. The second kappa shape index (κ2) is 5.15. The van der Waals surface area contributed by atoms with E-state index in [1.54, 1.807) is 11.9 Å². The summed E-state index contributed by atoms with van der Waals surface area (Å²) < 4.78 is 0. The SMILES string of the molecule is CC1=NCC(N(C)C(=O)CCCCl)=C1. The number of allylic oxidation sites excluding steroid dienone is 1. The van der Waals surface area contributed by atoms with E-state index in [0.29, 0.717) is 18.8 Å². The van der Waals surface area contributed by atoms with Crippen LogP contribution >= 0.6 is 11.6 Å². The van der Waals surface area contributed by atoms with Crippen LogP contribution in [0, 0.1) is 0 Å². The van der Waals surface area contributed by atoms with Gasteiger partial charge in [0.05, 0.1) is 6.54 Å². The van der Waals surface area contributed by atoms with Crippen molar-refractivity contribution in [1.82, 2.24) is 4.90 Å². The first-order valence-electron chi connectivity index (χ1n) is 4.69. The number of nitrogens with zero attached hydrogens (tertiary/aromatic N) is 2. The van der Waals surface area contributed by atoms with Crippen LogP contribution in [-0.4, -0.2) is 36.0 Å². The van der Waals surface area contributed by atoms with Gasteiger partial charge in [0.15, 0.2) is 0 Å². The van der Waals surface area contributed by atoms with Crippen LogP contribution in [-0.2, 0) is 4.79 Å². The lowest BCUT2D eigenvalue weighted by molar-refractivity contribution is -0.128. The summed E-state index contributed by atoms with van der Waals surface area (Å²) in [4.78, 5) is 17.4. The van der Waals surface area contributed by atoms with E-state index in [0.717, 1.165) is 17.8 Å². The normalized spacial score (nSPS) is 15.1. The number of rotatable bonds is 4. The van der Waals surface area contributed by atoms with Crippen LogP contribution in [0.3, 0.4) is 0 Å². The zero-order valence-corrected chi connectivity index (χ0v) is 9.34. The van der Waals surface area contributed by atoms with Crippen LogP contribution in [0.25, 0.3) is 0 Å². The number of carbonyl (C=O) groups excluding carboxylic acids is 1. The molecular formula is C10H15ClN2O. The summed E-state index contributed by atoms with van der Waals surface area (Å²) in [6, 6.07) is 0. The zero-order valence-electron chi connectivity index (χ0n) is 8.59. The van der Waals surface area contributed by atoms with Gasteiger partial charge in [0.2, 0.25) is 5.91 Å². The molecule has 1 heterocycles. The molecule has 0 saturated carbocycles. The van der Waals surface area contributed by atoms with Crippen molar-refractivity contribution in [3.8, 4) is 0 Å². The third-order valence-corrected chi connectivity index (χ3v) is 2.46. The van der Waals surface area contributed by atoms with Gasteiger partial charge in [-0.2, -0.15) is 0 Å². The molecule has 14 heavy (non-hydrogen) atoms. The van der Waals surface area contributed by atoms with E-state index in [1.165, 1.54) is 0 Å². The van der Waals surface area contributed by atoms with Gasteiger partial charge in [-0.15, -0.1) is 11.6 Å². The van der Waals surface area contributed by atoms with Crippen molar-refractivity contribution in [1.29, 1.82) is 0 Å². The number of aliphatic imine (C=N–C) groups is 1. The first-order valence-corrected chi connectivity index (χ1v) is 5.22. The molecule has 0 aromatic carbocycles. The van der Waals surface area contributed by atoms with Crippen molar-refractivity contribution in [2.45, 2.75) is 19.8 Å². The lowest BCUT2D eigenvalue weighted by Crippen LogP contribution is -2.26. The predicted molar refractivity (Wildman–Crippen MR) is 58.8 cm³/mol. The maximum Gasteiger partial charge on any atom is 0.226 e. The van der Waals surface area contributed by atoms with Crippen LogP contribution in [0.4, 0.5) is 0 Å². The van der Waals surface area contributed by atoms with Crippen LogP contribution in [0.1, 0.15) is 19.8 Å². The molecule has 0 radical (unpaired) electrons. The Morgan fingerprint density at radius 2 is 2.43 bits per heavy atom. The number of likely N-dealkylation sites (N-methyl/N-ethyl adjacent to an activating group) is 1. The Balaban J connectivity index is 2.46. The fourth-order valence-corrected chi connectivity index (χ4v) is 1.42. The average Bonchev–Trinajstić information content (AvgIpc) is 2.60. The monoisotopic (exact) mass is 214 g/mol. The van der Waals surface area contributed by atoms with E-state index in [2.05, 4.69) is 4.99 Å². The van der Waals surface area contributed by atoms with Crippen LogP contribution < -0.4 is 0 Å². The standard InChI is InChI=1S/C10H15ClN2O/c1-8-6-9(7-12-8)13(2)10(14)4-3-5-11/h6H,3-5,7H2,1-2H3. The largest absolute Gasteiger partial charge is 0.317 e. The average molecular weight is 215 g/mol. The molecule has 0 spiro atoms. The van der Waals surface area contributed by atoms with Crippen molar-refractivity contribution in [2.75, 3.05) is 19.5 Å². The molecule has 0 bridgehead atoms. The van der Waals surface area contributed by atoms with E-state index >= 15 is 0 Å². The number of carbonyl (C=O) groups is 1. The molecule has 78 valence electrons. The van der Waals surface area contributed by atoms with Crippen molar-refractivity contribution in [3.05, 3.63) is 11.8 Å². The van der Waals surface area contributed by atoms with E-state index in [4.69, 9.17) is 11.6 Å². The second-order valence-electron chi connectivity index (χ2n) is 3.34. The molecule has 4 heteroatoms. The molecule has 1 rings (SSSR count). The third-order valence-electron chi connectivity index (χ3n) is 2.20. The van der Waals surface area contributed by atoms with Crippen LogP contribution in [0.2, 0.25) is 0 Å². The lowest BCUT2D eigenvalue weighted by atomic mass is 10.2. The third kappa shape index (κ3) is 2.84. The summed E-state index contributed by atoms with van der Waals surface area (Å²) in [7, 11) is 1.79. The quantitative estimate of drug-likeness (QED) is 0.658. The Bertz CT molecular complexity index is 284. The molecule has 1 aliphatic heterocycles. The number of hydrogen-bond acceptors (Lipinski definition) is 2. The molecule has 0 aromatic rings. The minimum absolute atomic E-state index is 0.113. The Morgan fingerprint density at radius 3 is 2.93 bits per heavy atom. The van der Waals surface area contributed by atoms with E-state index in [9.17, 15) is 4.79 Å². The van der Waals surface area contributed by atoms with E-state index < -0.39 is 0 Å². The molecule has 0 fully saturated rings. The number of halogens is 1. The fraction of sp³-hybridized carbons (Fsp3) is 0.600. The van der Waals surface area contributed by atoms with Crippen LogP contribution in [0.15, 0.2) is 16.8 Å². The minimum atomic E-state index is 0.113. The van der Waals surface area contributed by atoms with E-state index in [-0.39, 0.29) is 5.91 Å². The summed E-state index contributed by atoms with van der Waals surface area (Å²) in [5.41, 5.74) is 1.96. The highest BCUT2D eigenvalue weighted by Gasteiger charge is 2.15. The zero-order chi connectivity index (χ0) is 10.6. The van der Waals surface area contributed by atoms with Crippen molar-refractivity contribution in [3.63, 3.8) is 0 Å². The van der Waals surface area contributed by atoms with Crippen molar-refractivity contribution < 1.29 is 4.79 Å². The minimum Gasteiger partial charge on any atom is -0.317 e. The van der Waals surface area contributed by atoms with Gasteiger partial charge in [0, 0.05) is 30.8 Å². The van der Waals surface area contributed by atoms with Gasteiger partial charge >= 0.3 is 0 Å². The Morgan fingerprint density at radius 1 is 1.71 bits per heavy atom. The molecule has 0 N–H and O–H groups in total. The van der Waals surface area contributed by atoms with Gasteiger partial charge in [-0.3, -0.25) is 9.79 Å². The van der Waals surface area contributed by atoms with Gasteiger partial charge in [-0.25, -0.2) is 0 Å². The first kappa shape index (κ1) is 11.2. The molecule has 3 nitrogen and oxygen atoms in total. The number of hydrogen-bond donors (Lipinski definition) is 0. The molecule has 1 aliphatic rings. The molecule has 0 atom stereocenters. The number of alkyl halides is 1. The molecule has 0 aromatic heterocycles. The van der Waals surface area contributed by atoms with E-state index in [1.807, 2.05) is 13.0 Å². The Hall–Kier alpha value is -0.830. The molecule has 0 unspecified atom stereocenters. The summed E-state index contributed by atoms with van der Waals surface area (Å²) in [5.74, 6) is 0.649. The highest BCUT2D eigenvalue weighted by Crippen LogP contribution is 2.11. The molecule has 1 amide bonds. The predicted octanol–water partition coefficient (Wildman–Crippen LogP) is 1.82. The highest BCUT2D eigenvalue weighted by molar-refractivity contribution is 6.17. The Kier molecular flexibility index (Phi) is 4.14. The molecular weight excluding hydrogens is 200 g/mol. The maximum absolute atomic E-state index is 11.6. The van der Waals surface area contributed by atoms with Gasteiger partial charge < -0.3 is 4.90 Å². The molecule has 0 saturated heterocycles. The first-order chi connectivity index (χ1) is 6.65. The van der Waals surface area contributed by atoms with Crippen LogP contribution in [0.5, 0.6) is 0 Å². The second-order valence-corrected chi connectivity index (χ2v) is 3.72. The lowest BCUT2D eigenvalue weighted by Gasteiger charge is -2.17. The van der Waals surface area contributed by atoms with Crippen molar-refractivity contribution in [2.24, 2.45) is 4.99 Å². The number of amides is 1. The van der Waals surface area contributed by atoms with Gasteiger partial charge in [0.1, 0.15) is 0 Å².